The van der Waals surface area contributed by atoms with Crippen LogP contribution in [0.25, 0.3) is 0 Å². The zero-order chi connectivity index (χ0) is 27.8. The van der Waals surface area contributed by atoms with Crippen LogP contribution < -0.4 is 0 Å². The maximum atomic E-state index is 12.3. The summed E-state index contributed by atoms with van der Waals surface area (Å²) in [5.74, 6) is -0.897. The standard InChI is InChI=1S/C32H63NO4/c1-6-7-8-9-10-11-12-13-14-15-16-17-18-19-20-21-22-23-24-25-29(2)26-32(36)37-30(27-31(34)35)28-33(3,4)5/h29-30H,6-28H2,1-5H3/p+1. The lowest BCUT2D eigenvalue weighted by molar-refractivity contribution is -0.873. The molecule has 5 heteroatoms. The third-order valence-electron chi connectivity index (χ3n) is 7.27. The highest BCUT2D eigenvalue weighted by molar-refractivity contribution is 5.71. The molecule has 1 N–H and O–H groups in total. The van der Waals surface area contributed by atoms with Crippen LogP contribution in [0.5, 0.6) is 0 Å². The molecule has 0 aliphatic heterocycles. The highest BCUT2D eigenvalue weighted by Gasteiger charge is 2.25. The molecule has 0 saturated heterocycles. The van der Waals surface area contributed by atoms with Gasteiger partial charge in [0.2, 0.25) is 0 Å². The Kier molecular flexibility index (Phi) is 23.3. The summed E-state index contributed by atoms with van der Waals surface area (Å²) in [5, 5.41) is 9.10. The van der Waals surface area contributed by atoms with Crippen molar-refractivity contribution in [3.05, 3.63) is 0 Å². The lowest BCUT2D eigenvalue weighted by Crippen LogP contribution is -2.43. The van der Waals surface area contributed by atoms with Gasteiger partial charge in [0.1, 0.15) is 6.54 Å². The normalized spacial score (nSPS) is 13.4. The van der Waals surface area contributed by atoms with E-state index < -0.39 is 12.1 Å². The molecular weight excluding hydrogens is 462 g/mol. The molecule has 0 fully saturated rings. The fourth-order valence-corrected chi connectivity index (χ4v) is 5.14. The van der Waals surface area contributed by atoms with Crippen LogP contribution in [0.15, 0.2) is 0 Å². The maximum Gasteiger partial charge on any atom is 0.307 e. The number of hydrogen-bond acceptors (Lipinski definition) is 3. The van der Waals surface area contributed by atoms with Crippen LogP contribution >= 0.6 is 0 Å². The molecule has 0 aromatic carbocycles. The van der Waals surface area contributed by atoms with Crippen LogP contribution in [0.3, 0.4) is 0 Å². The first-order valence-electron chi connectivity index (χ1n) is 15.9. The van der Waals surface area contributed by atoms with Gasteiger partial charge in [0.15, 0.2) is 6.10 Å². The number of rotatable bonds is 27. The third kappa shape index (κ3) is 27.7. The minimum absolute atomic E-state index is 0.130. The molecule has 220 valence electrons. The average molecular weight is 527 g/mol. The Bertz CT molecular complexity index is 543. The van der Waals surface area contributed by atoms with Crippen molar-refractivity contribution in [1.29, 1.82) is 0 Å². The summed E-state index contributed by atoms with van der Waals surface area (Å²) in [7, 11) is 5.93. The minimum atomic E-state index is -0.923. The largest absolute Gasteiger partial charge is 0.481 e. The lowest BCUT2D eigenvalue weighted by atomic mass is 9.98. The molecule has 0 aliphatic carbocycles. The fourth-order valence-electron chi connectivity index (χ4n) is 5.14. The van der Waals surface area contributed by atoms with Crippen LogP contribution in [0.4, 0.5) is 0 Å². The maximum absolute atomic E-state index is 12.3. The molecule has 5 nitrogen and oxygen atoms in total. The Morgan fingerprint density at radius 2 is 1.03 bits per heavy atom. The number of carboxylic acid groups (broad SMARTS) is 1. The van der Waals surface area contributed by atoms with Crippen molar-refractivity contribution in [1.82, 2.24) is 0 Å². The summed E-state index contributed by atoms with van der Waals surface area (Å²) in [6.07, 6.45) is 27.0. The van der Waals surface area contributed by atoms with Gasteiger partial charge in [0.25, 0.3) is 0 Å². The molecule has 0 aromatic rings. The molecule has 0 bridgehead atoms. The molecule has 0 saturated carbocycles. The summed E-state index contributed by atoms with van der Waals surface area (Å²) >= 11 is 0. The summed E-state index contributed by atoms with van der Waals surface area (Å²) in [6.45, 7) is 4.89. The Balaban J connectivity index is 3.54. The van der Waals surface area contributed by atoms with Crippen LogP contribution in [-0.4, -0.2) is 55.3 Å². The number of carbonyl (C=O) groups is 2. The van der Waals surface area contributed by atoms with Crippen molar-refractivity contribution in [3.63, 3.8) is 0 Å². The lowest BCUT2D eigenvalue weighted by Gasteiger charge is -2.28. The van der Waals surface area contributed by atoms with Crippen molar-refractivity contribution in [2.45, 2.75) is 161 Å². The summed E-state index contributed by atoms with van der Waals surface area (Å²) in [5.41, 5.74) is 0. The van der Waals surface area contributed by atoms with Crippen LogP contribution in [0.2, 0.25) is 0 Å². The van der Waals surface area contributed by atoms with Crippen molar-refractivity contribution >= 4 is 11.9 Å². The van der Waals surface area contributed by atoms with E-state index in [2.05, 4.69) is 13.8 Å². The molecule has 0 amide bonds. The number of likely N-dealkylation sites (N-methyl/N-ethyl adjacent to an activating group) is 1. The number of esters is 1. The summed E-state index contributed by atoms with van der Waals surface area (Å²) < 4.78 is 6.09. The molecule has 2 atom stereocenters. The quantitative estimate of drug-likeness (QED) is 0.0659. The molecule has 0 spiro atoms. The molecule has 0 radical (unpaired) electrons. The Labute approximate surface area is 230 Å². The number of nitrogens with zero attached hydrogens (tertiary/aromatic N) is 1. The number of ether oxygens (including phenoxy) is 1. The zero-order valence-electron chi connectivity index (χ0n) is 25.5. The van der Waals surface area contributed by atoms with Gasteiger partial charge >= 0.3 is 11.9 Å². The van der Waals surface area contributed by atoms with Gasteiger partial charge in [-0.15, -0.1) is 0 Å². The van der Waals surface area contributed by atoms with Crippen molar-refractivity contribution in [3.8, 4) is 0 Å². The number of quaternary nitrogens is 1. The fraction of sp³-hybridized carbons (Fsp3) is 0.938. The summed E-state index contributed by atoms with van der Waals surface area (Å²) in [6, 6.07) is 0. The van der Waals surface area contributed by atoms with E-state index in [1.165, 1.54) is 116 Å². The van der Waals surface area contributed by atoms with Crippen molar-refractivity contribution < 1.29 is 23.9 Å². The molecule has 2 unspecified atom stereocenters. The molecule has 37 heavy (non-hydrogen) atoms. The molecule has 0 rings (SSSR count). The van der Waals surface area contributed by atoms with E-state index in [0.717, 1.165) is 12.8 Å². The topological polar surface area (TPSA) is 63.6 Å². The van der Waals surface area contributed by atoms with E-state index >= 15 is 0 Å². The van der Waals surface area contributed by atoms with E-state index in [1.807, 2.05) is 21.1 Å². The number of aliphatic carboxylic acids is 1. The molecule has 0 heterocycles. The van der Waals surface area contributed by atoms with Gasteiger partial charge in [-0.25, -0.2) is 0 Å². The third-order valence-corrected chi connectivity index (χ3v) is 7.27. The van der Waals surface area contributed by atoms with Crippen molar-refractivity contribution in [2.75, 3.05) is 27.7 Å². The van der Waals surface area contributed by atoms with Gasteiger partial charge in [0, 0.05) is 6.42 Å². The SMILES string of the molecule is CCCCCCCCCCCCCCCCCCCCCC(C)CC(=O)OC(CC(=O)O)C[N+](C)(C)C. The number of unbranched alkanes of at least 4 members (excludes halogenated alkanes) is 18. The van der Waals surface area contributed by atoms with Gasteiger partial charge < -0.3 is 14.3 Å². The number of carboxylic acids is 1. The first kappa shape index (κ1) is 35.9. The summed E-state index contributed by atoms with van der Waals surface area (Å²) in [4.78, 5) is 23.4. The zero-order valence-corrected chi connectivity index (χ0v) is 25.5. The monoisotopic (exact) mass is 526 g/mol. The number of hydrogen-bond donors (Lipinski definition) is 1. The van der Waals surface area contributed by atoms with Gasteiger partial charge in [-0.05, 0) is 5.92 Å². The van der Waals surface area contributed by atoms with Gasteiger partial charge in [-0.2, -0.15) is 0 Å². The first-order valence-corrected chi connectivity index (χ1v) is 15.9. The Hall–Kier alpha value is -1.10. The highest BCUT2D eigenvalue weighted by Crippen LogP contribution is 2.18. The van der Waals surface area contributed by atoms with E-state index in [1.54, 1.807) is 0 Å². The van der Waals surface area contributed by atoms with E-state index in [0.29, 0.717) is 17.4 Å². The molecular formula is C32H64NO4+. The van der Waals surface area contributed by atoms with Crippen molar-refractivity contribution in [2.24, 2.45) is 5.92 Å². The van der Waals surface area contributed by atoms with Gasteiger partial charge in [-0.1, -0.05) is 142 Å². The highest BCUT2D eigenvalue weighted by atomic mass is 16.5. The second-order valence-electron chi connectivity index (χ2n) is 12.6. The van der Waals surface area contributed by atoms with Gasteiger partial charge in [0.05, 0.1) is 27.6 Å². The average Bonchev–Trinajstić information content (AvgIpc) is 2.78. The predicted octanol–water partition coefficient (Wildman–Crippen LogP) is 8.93. The van der Waals surface area contributed by atoms with Crippen LogP contribution in [0, 0.1) is 5.92 Å². The molecule has 0 aromatic heterocycles. The van der Waals surface area contributed by atoms with Crippen LogP contribution in [-0.2, 0) is 14.3 Å². The smallest absolute Gasteiger partial charge is 0.307 e. The van der Waals surface area contributed by atoms with E-state index in [4.69, 9.17) is 9.84 Å². The Morgan fingerprint density at radius 3 is 1.38 bits per heavy atom. The van der Waals surface area contributed by atoms with E-state index in [-0.39, 0.29) is 18.3 Å². The first-order chi connectivity index (χ1) is 17.6. The molecule has 0 aliphatic rings. The minimum Gasteiger partial charge on any atom is -0.481 e. The second kappa shape index (κ2) is 24.0. The second-order valence-corrected chi connectivity index (χ2v) is 12.6. The number of carbonyl (C=O) groups excluding carboxylic acids is 1. The van der Waals surface area contributed by atoms with E-state index in [9.17, 15) is 9.59 Å². The Morgan fingerprint density at radius 1 is 0.649 bits per heavy atom. The predicted molar refractivity (Wildman–Crippen MR) is 157 cm³/mol. The van der Waals surface area contributed by atoms with Gasteiger partial charge in [-0.3, -0.25) is 9.59 Å². The van der Waals surface area contributed by atoms with Crippen LogP contribution in [0.1, 0.15) is 155 Å².